The van der Waals surface area contributed by atoms with Gasteiger partial charge in [0, 0.05) is 5.69 Å². The number of thiazole rings is 1. The monoisotopic (exact) mass is 436 g/mol. The number of aliphatic hydroxyl groups is 2. The molecule has 1 aromatic carbocycles. The van der Waals surface area contributed by atoms with Crippen molar-refractivity contribution in [1.29, 1.82) is 0 Å². The number of nitrogens with one attached hydrogen (secondary N) is 1. The topological polar surface area (TPSA) is 138 Å². The van der Waals surface area contributed by atoms with Crippen molar-refractivity contribution in [3.8, 4) is 0 Å². The van der Waals surface area contributed by atoms with Gasteiger partial charge in [-0.25, -0.2) is 19.1 Å². The van der Waals surface area contributed by atoms with Crippen molar-refractivity contribution >= 4 is 33.0 Å². The first kappa shape index (κ1) is 20.4. The maximum atomic E-state index is 12.9. The van der Waals surface area contributed by atoms with Crippen molar-refractivity contribution in [3.63, 3.8) is 0 Å². The number of amides is 2. The zero-order valence-corrected chi connectivity index (χ0v) is 17.7. The van der Waals surface area contributed by atoms with Gasteiger partial charge in [-0.2, -0.15) is 0 Å². The van der Waals surface area contributed by atoms with E-state index in [-0.39, 0.29) is 9.22 Å². The van der Waals surface area contributed by atoms with E-state index >= 15 is 0 Å². The first-order chi connectivity index (χ1) is 13.7. The Morgan fingerprint density at radius 3 is 2.52 bits per heavy atom. The lowest BCUT2D eigenvalue weighted by atomic mass is 9.99. The van der Waals surface area contributed by atoms with Crippen LogP contribution in [0, 0.1) is 0 Å². The molecule has 0 spiro atoms. The zero-order chi connectivity index (χ0) is 20.8. The molecule has 2 aliphatic rings. The highest BCUT2D eigenvalue weighted by atomic mass is 32.2. The summed E-state index contributed by atoms with van der Waals surface area (Å²) in [4.78, 5) is 16.6. The smallest absolute Gasteiger partial charge is 0.354 e. The van der Waals surface area contributed by atoms with Crippen LogP contribution < -0.4 is 10.5 Å². The number of rotatable bonds is 4. The summed E-state index contributed by atoms with van der Waals surface area (Å²) in [6, 6.07) is 1.51. The highest BCUT2D eigenvalue weighted by Gasteiger charge is 2.28. The molecule has 2 amide bonds. The van der Waals surface area contributed by atoms with Gasteiger partial charge in [0.1, 0.15) is 14.8 Å². The number of hydrogen-bond acceptors (Lipinski definition) is 6. The Bertz CT molecular complexity index is 1070. The molecule has 0 aliphatic heterocycles. The summed E-state index contributed by atoms with van der Waals surface area (Å²) < 4.78 is 16.7. The molecule has 29 heavy (non-hydrogen) atoms. The number of nitrogens with zero attached hydrogens (tertiary/aromatic N) is 2. The number of benzene rings is 1. The van der Waals surface area contributed by atoms with Gasteiger partial charge in [-0.1, -0.05) is 6.07 Å². The van der Waals surface area contributed by atoms with Crippen LogP contribution in [0.2, 0.25) is 0 Å². The molecular formula is C19H24N4O4S2. The third-order valence-corrected chi connectivity index (χ3v) is 8.60. The maximum Gasteiger partial charge on any atom is 0.354 e. The third-order valence-electron chi connectivity index (χ3n) is 5.46. The molecule has 4 rings (SSSR count). The molecule has 0 saturated heterocycles. The lowest BCUT2D eigenvalue weighted by molar-refractivity contribution is -0.00244. The van der Waals surface area contributed by atoms with Crippen LogP contribution in [0.1, 0.15) is 47.0 Å². The van der Waals surface area contributed by atoms with Crippen molar-refractivity contribution in [3.05, 3.63) is 39.5 Å². The van der Waals surface area contributed by atoms with E-state index in [4.69, 9.17) is 5.14 Å². The molecule has 5 N–H and O–H groups in total. The van der Waals surface area contributed by atoms with E-state index in [1.54, 1.807) is 0 Å². The van der Waals surface area contributed by atoms with Crippen molar-refractivity contribution < 1.29 is 19.2 Å². The number of carbonyl (C=O) groups excluding carboxylic acids is 1. The SMILES string of the molecule is CC(O)(CO)c1ncc([S@](N)(=O)=NC(=O)Nc2c3c(cc4c2CCC4)CCC3)s1. The fraction of sp³-hybridized carbons (Fsp3) is 0.474. The van der Waals surface area contributed by atoms with Crippen LogP contribution in [-0.4, -0.2) is 32.0 Å². The first-order valence-electron chi connectivity index (χ1n) is 9.53. The van der Waals surface area contributed by atoms with E-state index < -0.39 is 28.2 Å². The van der Waals surface area contributed by atoms with E-state index in [0.29, 0.717) is 0 Å². The predicted octanol–water partition coefficient (Wildman–Crippen LogP) is 2.25. The average Bonchev–Trinajstić information content (AvgIpc) is 3.40. The van der Waals surface area contributed by atoms with Gasteiger partial charge in [0.25, 0.3) is 0 Å². The summed E-state index contributed by atoms with van der Waals surface area (Å²) in [5, 5.41) is 28.2. The van der Waals surface area contributed by atoms with Gasteiger partial charge in [-0.3, -0.25) is 0 Å². The van der Waals surface area contributed by atoms with Gasteiger partial charge >= 0.3 is 6.03 Å². The standard InChI is InChI=1S/C19H24N4O4S2/c1-19(26,10-24)17-21-9-15(28-17)29(20,27)23-18(25)22-16-13-6-2-4-11(13)8-12-5-3-7-14(12)16/h8-9,24,26H,2-7,10H2,1H3,(H3,20,22,23,25,27)/t19?,29-/m1/s1. The first-order valence-corrected chi connectivity index (χ1v) is 11.9. The van der Waals surface area contributed by atoms with Crippen LogP contribution in [0.25, 0.3) is 0 Å². The van der Waals surface area contributed by atoms with E-state index in [0.717, 1.165) is 66.7 Å². The highest BCUT2D eigenvalue weighted by Crippen LogP contribution is 2.38. The van der Waals surface area contributed by atoms with E-state index in [9.17, 15) is 19.2 Å². The lowest BCUT2D eigenvalue weighted by Gasteiger charge is -2.16. The van der Waals surface area contributed by atoms with Crippen LogP contribution in [0.5, 0.6) is 0 Å². The molecule has 0 radical (unpaired) electrons. The molecule has 2 aliphatic carbocycles. The largest absolute Gasteiger partial charge is 0.393 e. The van der Waals surface area contributed by atoms with Gasteiger partial charge < -0.3 is 15.5 Å². The number of anilines is 1. The van der Waals surface area contributed by atoms with Crippen LogP contribution in [0.15, 0.2) is 20.8 Å². The normalized spacial score (nSPS) is 19.2. The quantitative estimate of drug-likeness (QED) is 0.582. The maximum absolute atomic E-state index is 12.9. The van der Waals surface area contributed by atoms with Crippen molar-refractivity contribution in [2.24, 2.45) is 9.50 Å². The van der Waals surface area contributed by atoms with Gasteiger partial charge in [0.05, 0.1) is 12.8 Å². The van der Waals surface area contributed by atoms with Crippen LogP contribution in [-0.2, 0) is 41.2 Å². The predicted molar refractivity (Wildman–Crippen MR) is 111 cm³/mol. The number of fused-ring (bicyclic) bond motifs is 2. The third kappa shape index (κ3) is 3.82. The second-order valence-corrected chi connectivity index (χ2v) is 10.8. The Morgan fingerprint density at radius 1 is 1.31 bits per heavy atom. The van der Waals surface area contributed by atoms with Gasteiger partial charge in [0.15, 0.2) is 9.92 Å². The number of aryl methyl sites for hydroxylation is 2. The molecule has 8 nitrogen and oxygen atoms in total. The van der Waals surface area contributed by atoms with Gasteiger partial charge in [0.2, 0.25) is 0 Å². The van der Waals surface area contributed by atoms with Crippen LogP contribution >= 0.6 is 11.3 Å². The average molecular weight is 437 g/mol. The van der Waals surface area contributed by atoms with E-state index in [1.165, 1.54) is 24.2 Å². The fourth-order valence-corrected chi connectivity index (χ4v) is 6.07. The van der Waals surface area contributed by atoms with Gasteiger partial charge in [-0.15, -0.1) is 15.7 Å². The minimum absolute atomic E-state index is 0.0693. The Labute approximate surface area is 173 Å². The van der Waals surface area contributed by atoms with Crippen molar-refractivity contribution in [1.82, 2.24) is 4.98 Å². The molecule has 156 valence electrons. The molecule has 0 bridgehead atoms. The molecule has 1 aromatic heterocycles. The lowest BCUT2D eigenvalue weighted by Crippen LogP contribution is -2.25. The Hall–Kier alpha value is -1.85. The summed E-state index contributed by atoms with van der Waals surface area (Å²) in [6.45, 7) is 0.835. The number of nitrogens with two attached hydrogens (primary N) is 1. The molecule has 0 saturated carbocycles. The minimum atomic E-state index is -3.53. The zero-order valence-electron chi connectivity index (χ0n) is 16.1. The summed E-state index contributed by atoms with van der Waals surface area (Å²) >= 11 is 0.865. The minimum Gasteiger partial charge on any atom is -0.393 e. The summed E-state index contributed by atoms with van der Waals surface area (Å²) in [5.74, 6) is 0. The molecular weight excluding hydrogens is 412 g/mol. The molecule has 2 atom stereocenters. The van der Waals surface area contributed by atoms with E-state index in [2.05, 4.69) is 20.7 Å². The molecule has 1 heterocycles. The van der Waals surface area contributed by atoms with E-state index in [1.807, 2.05) is 0 Å². The fourth-order valence-electron chi connectivity index (χ4n) is 3.98. The van der Waals surface area contributed by atoms with Crippen molar-refractivity contribution in [2.45, 2.75) is 55.3 Å². The molecule has 0 fully saturated rings. The second kappa shape index (κ2) is 7.44. The van der Waals surface area contributed by atoms with Crippen molar-refractivity contribution in [2.75, 3.05) is 11.9 Å². The Morgan fingerprint density at radius 2 is 1.93 bits per heavy atom. The number of carbonyl (C=O) groups is 1. The Balaban J connectivity index is 1.63. The highest BCUT2D eigenvalue weighted by molar-refractivity contribution is 7.93. The molecule has 10 heteroatoms. The number of aliphatic hydroxyl groups excluding tert-OH is 1. The summed E-state index contributed by atoms with van der Waals surface area (Å²) in [5.41, 5.74) is 4.07. The number of hydrogen-bond donors (Lipinski definition) is 4. The van der Waals surface area contributed by atoms with Crippen LogP contribution in [0.3, 0.4) is 0 Å². The number of urea groups is 1. The van der Waals surface area contributed by atoms with Gasteiger partial charge in [-0.05, 0) is 67.7 Å². The summed E-state index contributed by atoms with van der Waals surface area (Å²) in [6.07, 6.45) is 7.16. The second-order valence-electron chi connectivity index (χ2n) is 7.74. The van der Waals surface area contributed by atoms with Crippen LogP contribution in [0.4, 0.5) is 10.5 Å². The summed E-state index contributed by atoms with van der Waals surface area (Å²) in [7, 11) is -3.53. The molecule has 1 unspecified atom stereocenters. The Kier molecular flexibility index (Phi) is 5.24. The number of aromatic nitrogens is 1. The molecule has 2 aromatic rings.